The molecule has 1 fully saturated rings. The van der Waals surface area contributed by atoms with Crippen molar-refractivity contribution >= 4 is 0 Å². The van der Waals surface area contributed by atoms with Gasteiger partial charge in [-0.05, 0) is 30.7 Å². The Hall–Kier alpha value is -0.860. The van der Waals surface area contributed by atoms with Crippen molar-refractivity contribution in [3.8, 4) is 0 Å². The van der Waals surface area contributed by atoms with Gasteiger partial charge in [0.05, 0.1) is 6.10 Å². The summed E-state index contributed by atoms with van der Waals surface area (Å²) < 4.78 is 0. The fourth-order valence-corrected chi connectivity index (χ4v) is 3.79. The summed E-state index contributed by atoms with van der Waals surface area (Å²) in [5, 5.41) is 10.9. The van der Waals surface area contributed by atoms with Crippen LogP contribution >= 0.6 is 0 Å². The summed E-state index contributed by atoms with van der Waals surface area (Å²) in [4.78, 5) is 0. The van der Waals surface area contributed by atoms with Crippen LogP contribution in [0.25, 0.3) is 0 Å². The highest BCUT2D eigenvalue weighted by molar-refractivity contribution is 5.19. The second kappa shape index (κ2) is 7.95. The number of nitrogens with two attached hydrogens (primary N) is 1. The lowest BCUT2D eigenvalue weighted by atomic mass is 9.69. The van der Waals surface area contributed by atoms with E-state index in [-0.39, 0.29) is 11.5 Å². The average molecular weight is 289 g/mol. The minimum absolute atomic E-state index is 0.0521. The van der Waals surface area contributed by atoms with Crippen molar-refractivity contribution in [1.29, 1.82) is 0 Å². The van der Waals surface area contributed by atoms with Gasteiger partial charge in [-0.15, -0.1) is 0 Å². The van der Waals surface area contributed by atoms with Gasteiger partial charge in [-0.3, -0.25) is 0 Å². The van der Waals surface area contributed by atoms with Crippen LogP contribution in [0.2, 0.25) is 0 Å². The van der Waals surface area contributed by atoms with E-state index in [1.54, 1.807) is 0 Å². The SMILES string of the molecule is CC(CC(O)C1(CN)CCCCCCC1)c1ccccc1. The molecule has 0 spiro atoms. The predicted molar refractivity (Wildman–Crippen MR) is 89.3 cm³/mol. The van der Waals surface area contributed by atoms with Gasteiger partial charge in [-0.1, -0.05) is 69.4 Å². The molecule has 1 aliphatic rings. The molecule has 3 N–H and O–H groups in total. The maximum Gasteiger partial charge on any atom is 0.0614 e. The van der Waals surface area contributed by atoms with E-state index >= 15 is 0 Å². The third-order valence-corrected chi connectivity index (χ3v) is 5.41. The third kappa shape index (κ3) is 4.31. The molecular weight excluding hydrogens is 258 g/mol. The standard InChI is InChI=1S/C19H31NO/c1-16(17-10-6-5-7-11-17)14-18(21)19(15-20)12-8-3-2-4-9-13-19/h5-7,10-11,16,18,21H,2-4,8-9,12-15,20H2,1H3. The fourth-order valence-electron chi connectivity index (χ4n) is 3.79. The topological polar surface area (TPSA) is 46.2 Å². The van der Waals surface area contributed by atoms with Crippen molar-refractivity contribution in [2.75, 3.05) is 6.54 Å². The molecule has 0 bridgehead atoms. The molecule has 118 valence electrons. The second-order valence-corrected chi connectivity index (χ2v) is 6.90. The van der Waals surface area contributed by atoms with E-state index in [1.807, 2.05) is 6.07 Å². The minimum Gasteiger partial charge on any atom is -0.392 e. The molecule has 1 saturated carbocycles. The van der Waals surface area contributed by atoms with Crippen LogP contribution in [-0.4, -0.2) is 17.8 Å². The third-order valence-electron chi connectivity index (χ3n) is 5.41. The van der Waals surface area contributed by atoms with Crippen molar-refractivity contribution in [2.24, 2.45) is 11.1 Å². The Labute approximate surface area is 129 Å². The Bertz CT molecular complexity index is 395. The Kier molecular flexibility index (Phi) is 6.25. The number of aliphatic hydroxyl groups excluding tert-OH is 1. The van der Waals surface area contributed by atoms with Crippen molar-refractivity contribution < 1.29 is 5.11 Å². The highest BCUT2D eigenvalue weighted by Crippen LogP contribution is 2.39. The van der Waals surface area contributed by atoms with Crippen LogP contribution in [0.3, 0.4) is 0 Å². The van der Waals surface area contributed by atoms with Crippen LogP contribution in [0.5, 0.6) is 0 Å². The van der Waals surface area contributed by atoms with E-state index in [9.17, 15) is 5.11 Å². The maximum absolute atomic E-state index is 10.9. The average Bonchev–Trinajstić information content (AvgIpc) is 2.48. The Morgan fingerprint density at radius 2 is 1.62 bits per heavy atom. The molecule has 0 heterocycles. The summed E-state index contributed by atoms with van der Waals surface area (Å²) in [7, 11) is 0. The molecule has 0 amide bonds. The van der Waals surface area contributed by atoms with Crippen LogP contribution in [0, 0.1) is 5.41 Å². The number of hydrogen-bond donors (Lipinski definition) is 2. The number of benzene rings is 1. The molecule has 2 rings (SSSR count). The van der Waals surface area contributed by atoms with E-state index < -0.39 is 0 Å². The first-order valence-corrected chi connectivity index (χ1v) is 8.61. The molecule has 2 heteroatoms. The van der Waals surface area contributed by atoms with Gasteiger partial charge in [-0.2, -0.15) is 0 Å². The molecular formula is C19H31NO. The van der Waals surface area contributed by atoms with Gasteiger partial charge in [0.25, 0.3) is 0 Å². The lowest BCUT2D eigenvalue weighted by Gasteiger charge is -2.39. The molecule has 2 atom stereocenters. The van der Waals surface area contributed by atoms with Crippen LogP contribution in [0.1, 0.15) is 69.8 Å². The number of hydrogen-bond acceptors (Lipinski definition) is 2. The first-order valence-electron chi connectivity index (χ1n) is 8.61. The van der Waals surface area contributed by atoms with Crippen LogP contribution in [-0.2, 0) is 0 Å². The zero-order valence-electron chi connectivity index (χ0n) is 13.4. The molecule has 1 aromatic carbocycles. The van der Waals surface area contributed by atoms with Crippen LogP contribution in [0.4, 0.5) is 0 Å². The summed E-state index contributed by atoms with van der Waals surface area (Å²) in [6, 6.07) is 10.5. The molecule has 1 aromatic rings. The largest absolute Gasteiger partial charge is 0.392 e. The van der Waals surface area contributed by atoms with E-state index in [2.05, 4.69) is 31.2 Å². The minimum atomic E-state index is -0.282. The lowest BCUT2D eigenvalue weighted by Crippen LogP contribution is -2.43. The monoisotopic (exact) mass is 289 g/mol. The first kappa shape index (κ1) is 16.5. The van der Waals surface area contributed by atoms with E-state index in [4.69, 9.17) is 5.73 Å². The van der Waals surface area contributed by atoms with Gasteiger partial charge >= 0.3 is 0 Å². The van der Waals surface area contributed by atoms with Gasteiger partial charge in [0.15, 0.2) is 0 Å². The Morgan fingerprint density at radius 3 is 2.19 bits per heavy atom. The highest BCUT2D eigenvalue weighted by Gasteiger charge is 2.37. The maximum atomic E-state index is 10.9. The summed E-state index contributed by atoms with van der Waals surface area (Å²) in [6.07, 6.45) is 9.08. The van der Waals surface area contributed by atoms with E-state index in [0.717, 1.165) is 19.3 Å². The molecule has 2 nitrogen and oxygen atoms in total. The Balaban J connectivity index is 2.03. The molecule has 1 aliphatic carbocycles. The molecule has 21 heavy (non-hydrogen) atoms. The zero-order valence-corrected chi connectivity index (χ0v) is 13.4. The van der Waals surface area contributed by atoms with Gasteiger partial charge in [0.2, 0.25) is 0 Å². The lowest BCUT2D eigenvalue weighted by molar-refractivity contribution is 0.000885. The zero-order chi connectivity index (χ0) is 15.1. The van der Waals surface area contributed by atoms with Gasteiger partial charge in [0, 0.05) is 12.0 Å². The van der Waals surface area contributed by atoms with Crippen molar-refractivity contribution in [3.05, 3.63) is 35.9 Å². The summed E-state index contributed by atoms with van der Waals surface area (Å²) in [5.41, 5.74) is 7.38. The second-order valence-electron chi connectivity index (χ2n) is 6.90. The van der Waals surface area contributed by atoms with Gasteiger partial charge < -0.3 is 10.8 Å². The normalized spacial score (nSPS) is 22.0. The number of aliphatic hydroxyl groups is 1. The molecule has 0 aromatic heterocycles. The predicted octanol–water partition coefficient (Wildman–Crippen LogP) is 4.23. The van der Waals surface area contributed by atoms with E-state index in [0.29, 0.717) is 12.5 Å². The highest BCUT2D eigenvalue weighted by atomic mass is 16.3. The summed E-state index contributed by atoms with van der Waals surface area (Å²) in [5.74, 6) is 0.384. The van der Waals surface area contributed by atoms with Gasteiger partial charge in [0.1, 0.15) is 0 Å². The smallest absolute Gasteiger partial charge is 0.0614 e. The van der Waals surface area contributed by atoms with Gasteiger partial charge in [-0.25, -0.2) is 0 Å². The van der Waals surface area contributed by atoms with Crippen molar-refractivity contribution in [3.63, 3.8) is 0 Å². The van der Waals surface area contributed by atoms with Crippen molar-refractivity contribution in [2.45, 2.75) is 70.3 Å². The molecule has 0 aliphatic heterocycles. The van der Waals surface area contributed by atoms with Crippen LogP contribution in [0.15, 0.2) is 30.3 Å². The summed E-state index contributed by atoms with van der Waals surface area (Å²) >= 11 is 0. The van der Waals surface area contributed by atoms with Crippen molar-refractivity contribution in [1.82, 2.24) is 0 Å². The number of rotatable bonds is 5. The first-order chi connectivity index (χ1) is 10.2. The quantitative estimate of drug-likeness (QED) is 0.852. The fraction of sp³-hybridized carbons (Fsp3) is 0.684. The molecule has 2 unspecified atom stereocenters. The van der Waals surface area contributed by atoms with Crippen LogP contribution < -0.4 is 5.73 Å². The molecule has 0 radical (unpaired) electrons. The van der Waals surface area contributed by atoms with E-state index in [1.165, 1.54) is 37.7 Å². The Morgan fingerprint density at radius 1 is 1.05 bits per heavy atom. The molecule has 0 saturated heterocycles. The summed E-state index contributed by atoms with van der Waals surface area (Å²) in [6.45, 7) is 2.83.